The molecule has 4 aromatic rings. The summed E-state index contributed by atoms with van der Waals surface area (Å²) in [5.41, 5.74) is 1.24. The van der Waals surface area contributed by atoms with Crippen LogP contribution in [0.5, 0.6) is 5.75 Å². The van der Waals surface area contributed by atoms with Gasteiger partial charge in [0.2, 0.25) is 0 Å². The van der Waals surface area contributed by atoms with Crippen molar-refractivity contribution in [2.24, 2.45) is 0 Å². The second-order valence-electron chi connectivity index (χ2n) is 8.70. The zero-order valence-electron chi connectivity index (χ0n) is 19.3. The Hall–Kier alpha value is -3.91. The van der Waals surface area contributed by atoms with Crippen LogP contribution in [0.25, 0.3) is 22.2 Å². The van der Waals surface area contributed by atoms with Crippen LogP contribution >= 0.6 is 0 Å². The van der Waals surface area contributed by atoms with E-state index in [0.29, 0.717) is 39.2 Å². The predicted molar refractivity (Wildman–Crippen MR) is 133 cm³/mol. The number of aromatic nitrogens is 1. The number of para-hydroxylation sites is 1. The molecule has 1 saturated heterocycles. The Labute approximate surface area is 206 Å². The summed E-state index contributed by atoms with van der Waals surface area (Å²) in [5, 5.41) is 6.91. The van der Waals surface area contributed by atoms with Gasteiger partial charge < -0.3 is 15.4 Å². The van der Waals surface area contributed by atoms with Crippen LogP contribution in [0.15, 0.2) is 78.9 Å². The van der Waals surface area contributed by atoms with Crippen molar-refractivity contribution in [1.29, 1.82) is 0 Å². The second kappa shape index (κ2) is 9.99. The molecule has 1 fully saturated rings. The molecule has 1 aliphatic rings. The number of fused-ring (bicyclic) bond motifs is 1. The van der Waals surface area contributed by atoms with E-state index in [1.807, 2.05) is 18.2 Å². The van der Waals surface area contributed by atoms with Gasteiger partial charge in [0.15, 0.2) is 0 Å². The lowest BCUT2D eigenvalue weighted by atomic mass is 10.0. The Morgan fingerprint density at radius 1 is 0.944 bits per heavy atom. The predicted octanol–water partition coefficient (Wildman–Crippen LogP) is 6.30. The molecule has 184 valence electrons. The van der Waals surface area contributed by atoms with Crippen LogP contribution in [0.4, 0.5) is 18.9 Å². The van der Waals surface area contributed by atoms with Gasteiger partial charge in [0.1, 0.15) is 11.9 Å². The summed E-state index contributed by atoms with van der Waals surface area (Å²) in [4.78, 5) is 17.8. The van der Waals surface area contributed by atoms with Crippen LogP contribution < -0.4 is 15.4 Å². The summed E-state index contributed by atoms with van der Waals surface area (Å²) in [7, 11) is 0. The third-order valence-electron chi connectivity index (χ3n) is 6.13. The molecule has 8 heteroatoms. The van der Waals surface area contributed by atoms with Crippen LogP contribution in [-0.4, -0.2) is 30.1 Å². The third kappa shape index (κ3) is 5.33. The number of carbonyl (C=O) groups is 1. The van der Waals surface area contributed by atoms with Gasteiger partial charge in [-0.2, -0.15) is 13.2 Å². The monoisotopic (exact) mass is 491 g/mol. The quantitative estimate of drug-likeness (QED) is 0.344. The average molecular weight is 492 g/mol. The van der Waals surface area contributed by atoms with Gasteiger partial charge in [0.25, 0.3) is 5.91 Å². The standard InChI is InChI=1S/C28H24F3N3O2/c29-28(30,31)20-6-1-5-19(16-20)25-11-10-18-4-2-9-24(26(18)34-25)27(35)33-21-7-3-8-23(17-21)36-22-12-14-32-15-13-22/h1-11,16-17,22,32H,12-15H2,(H,33,35). The number of nitrogens with zero attached hydrogens (tertiary/aromatic N) is 1. The maximum atomic E-state index is 13.2. The van der Waals surface area contributed by atoms with Gasteiger partial charge in [-0.3, -0.25) is 4.79 Å². The van der Waals surface area contributed by atoms with E-state index in [2.05, 4.69) is 15.6 Å². The van der Waals surface area contributed by atoms with Crippen molar-refractivity contribution in [3.63, 3.8) is 0 Å². The summed E-state index contributed by atoms with van der Waals surface area (Å²) in [6, 6.07) is 20.9. The maximum Gasteiger partial charge on any atom is 0.416 e. The highest BCUT2D eigenvalue weighted by Gasteiger charge is 2.30. The molecule has 36 heavy (non-hydrogen) atoms. The van der Waals surface area contributed by atoms with Gasteiger partial charge in [0.05, 0.1) is 22.3 Å². The molecule has 3 aromatic carbocycles. The van der Waals surface area contributed by atoms with E-state index in [9.17, 15) is 18.0 Å². The van der Waals surface area contributed by atoms with Crippen molar-refractivity contribution in [2.75, 3.05) is 18.4 Å². The zero-order chi connectivity index (χ0) is 25.1. The molecule has 0 spiro atoms. The Morgan fingerprint density at radius 3 is 2.53 bits per heavy atom. The molecule has 0 unspecified atom stereocenters. The first-order valence-corrected chi connectivity index (χ1v) is 11.7. The van der Waals surface area contributed by atoms with E-state index in [1.54, 1.807) is 42.5 Å². The normalized spacial score (nSPS) is 14.5. The van der Waals surface area contributed by atoms with Crippen LogP contribution in [0.3, 0.4) is 0 Å². The lowest BCUT2D eigenvalue weighted by Gasteiger charge is -2.24. The number of amides is 1. The van der Waals surface area contributed by atoms with Crippen molar-refractivity contribution in [1.82, 2.24) is 10.3 Å². The smallest absolute Gasteiger partial charge is 0.416 e. The number of hydrogen-bond donors (Lipinski definition) is 2. The van der Waals surface area contributed by atoms with Crippen molar-refractivity contribution in [3.05, 3.63) is 90.0 Å². The minimum atomic E-state index is -4.45. The number of anilines is 1. The molecule has 1 aliphatic heterocycles. The molecular weight excluding hydrogens is 467 g/mol. The molecule has 0 bridgehead atoms. The van der Waals surface area contributed by atoms with E-state index >= 15 is 0 Å². The van der Waals surface area contributed by atoms with E-state index in [1.165, 1.54) is 6.07 Å². The van der Waals surface area contributed by atoms with Gasteiger partial charge in [-0.25, -0.2) is 4.98 Å². The molecule has 0 atom stereocenters. The van der Waals surface area contributed by atoms with E-state index in [4.69, 9.17) is 4.74 Å². The van der Waals surface area contributed by atoms with E-state index < -0.39 is 11.7 Å². The molecule has 0 aliphatic carbocycles. The Kier molecular flexibility index (Phi) is 6.61. The minimum absolute atomic E-state index is 0.133. The summed E-state index contributed by atoms with van der Waals surface area (Å²) < 4.78 is 45.6. The van der Waals surface area contributed by atoms with Crippen LogP contribution in [0, 0.1) is 0 Å². The van der Waals surface area contributed by atoms with Crippen LogP contribution in [0.2, 0.25) is 0 Å². The van der Waals surface area contributed by atoms with Gasteiger partial charge in [-0.1, -0.05) is 36.4 Å². The van der Waals surface area contributed by atoms with Gasteiger partial charge >= 0.3 is 6.18 Å². The average Bonchev–Trinajstić information content (AvgIpc) is 2.88. The number of carbonyl (C=O) groups excluding carboxylic acids is 1. The number of halogens is 3. The lowest BCUT2D eigenvalue weighted by Crippen LogP contribution is -2.34. The third-order valence-corrected chi connectivity index (χ3v) is 6.13. The first-order chi connectivity index (χ1) is 17.4. The van der Waals surface area contributed by atoms with Crippen molar-refractivity contribution in [2.45, 2.75) is 25.1 Å². The molecule has 2 N–H and O–H groups in total. The Balaban J connectivity index is 1.41. The fraction of sp³-hybridized carbons (Fsp3) is 0.214. The highest BCUT2D eigenvalue weighted by molar-refractivity contribution is 6.12. The van der Waals surface area contributed by atoms with Gasteiger partial charge in [-0.15, -0.1) is 0 Å². The fourth-order valence-corrected chi connectivity index (χ4v) is 4.30. The topological polar surface area (TPSA) is 63.2 Å². The van der Waals surface area contributed by atoms with Gasteiger partial charge in [-0.05, 0) is 62.3 Å². The molecule has 2 heterocycles. The number of pyridine rings is 1. The lowest BCUT2D eigenvalue weighted by molar-refractivity contribution is -0.137. The van der Waals surface area contributed by atoms with Crippen LogP contribution in [-0.2, 0) is 6.18 Å². The zero-order valence-corrected chi connectivity index (χ0v) is 19.3. The SMILES string of the molecule is O=C(Nc1cccc(OC2CCNCC2)c1)c1cccc2ccc(-c3cccc(C(F)(F)F)c3)nc12. The number of benzene rings is 3. The van der Waals surface area contributed by atoms with Gasteiger partial charge in [0, 0.05) is 22.7 Å². The van der Waals surface area contributed by atoms with Crippen molar-refractivity contribution in [3.8, 4) is 17.0 Å². The highest BCUT2D eigenvalue weighted by Crippen LogP contribution is 2.32. The first-order valence-electron chi connectivity index (χ1n) is 11.7. The minimum Gasteiger partial charge on any atom is -0.490 e. The van der Waals surface area contributed by atoms with Crippen molar-refractivity contribution < 1.29 is 22.7 Å². The van der Waals surface area contributed by atoms with E-state index in [0.717, 1.165) is 38.1 Å². The van der Waals surface area contributed by atoms with Crippen molar-refractivity contribution >= 4 is 22.5 Å². The van der Waals surface area contributed by atoms with E-state index in [-0.39, 0.29) is 12.0 Å². The summed E-state index contributed by atoms with van der Waals surface area (Å²) in [5.74, 6) is 0.316. The molecule has 1 amide bonds. The summed E-state index contributed by atoms with van der Waals surface area (Å²) in [6.07, 6.45) is -2.48. The Morgan fingerprint density at radius 2 is 1.72 bits per heavy atom. The molecule has 5 rings (SSSR count). The number of rotatable bonds is 5. The maximum absolute atomic E-state index is 13.2. The summed E-state index contributed by atoms with van der Waals surface area (Å²) >= 11 is 0. The first kappa shape index (κ1) is 23.8. The molecule has 0 saturated carbocycles. The number of alkyl halides is 3. The molecule has 0 radical (unpaired) electrons. The second-order valence-corrected chi connectivity index (χ2v) is 8.70. The molecular formula is C28H24F3N3O2. The summed E-state index contributed by atoms with van der Waals surface area (Å²) in [6.45, 7) is 1.83. The molecule has 5 nitrogen and oxygen atoms in total. The number of hydrogen-bond acceptors (Lipinski definition) is 4. The fourth-order valence-electron chi connectivity index (χ4n) is 4.30. The number of ether oxygens (including phenoxy) is 1. The number of nitrogens with one attached hydrogen (secondary N) is 2. The van der Waals surface area contributed by atoms with Crippen LogP contribution in [0.1, 0.15) is 28.8 Å². The largest absolute Gasteiger partial charge is 0.490 e. The Bertz CT molecular complexity index is 1400. The molecule has 1 aromatic heterocycles. The highest BCUT2D eigenvalue weighted by atomic mass is 19.4. The number of piperidine rings is 1.